The van der Waals surface area contributed by atoms with E-state index >= 15 is 0 Å². The molecule has 4 atom stereocenters. The molecule has 0 amide bonds. The van der Waals surface area contributed by atoms with Crippen LogP contribution in [0, 0.1) is 0 Å². The third-order valence-corrected chi connectivity index (χ3v) is 3.74. The average molecular weight is 196 g/mol. The van der Waals surface area contributed by atoms with Crippen LogP contribution in [0.5, 0.6) is 0 Å². The van der Waals surface area contributed by atoms with Crippen molar-refractivity contribution in [3.05, 3.63) is 0 Å². The quantitative estimate of drug-likeness (QED) is 0.453. The molecule has 0 aromatic carbocycles. The summed E-state index contributed by atoms with van der Waals surface area (Å²) < 4.78 is 0. The minimum absolute atomic E-state index is 0.944. The van der Waals surface area contributed by atoms with Gasteiger partial charge >= 0.3 is 0 Å². The second kappa shape index (κ2) is 4.63. The molecule has 0 aliphatic carbocycles. The van der Waals surface area contributed by atoms with Crippen LogP contribution in [0.3, 0.4) is 0 Å². The van der Waals surface area contributed by atoms with Crippen molar-refractivity contribution >= 4 is 0 Å². The van der Waals surface area contributed by atoms with Crippen molar-refractivity contribution in [1.82, 2.24) is 9.80 Å². The SMILES string of the molecule is CC[C@@H]1CN1CCCCN1C[C@@H]1CC. The molecule has 2 aliphatic rings. The van der Waals surface area contributed by atoms with Crippen LogP contribution in [-0.4, -0.2) is 48.1 Å². The molecule has 2 rings (SSSR count). The van der Waals surface area contributed by atoms with Gasteiger partial charge in [-0.3, -0.25) is 9.80 Å². The number of unbranched alkanes of at least 4 members (excludes halogenated alkanes) is 1. The summed E-state index contributed by atoms with van der Waals surface area (Å²) in [5, 5.41) is 0. The van der Waals surface area contributed by atoms with Gasteiger partial charge < -0.3 is 0 Å². The zero-order valence-corrected chi connectivity index (χ0v) is 9.71. The van der Waals surface area contributed by atoms with Crippen molar-refractivity contribution in [2.45, 2.75) is 51.6 Å². The molecule has 0 bridgehead atoms. The summed E-state index contributed by atoms with van der Waals surface area (Å²) in [5.74, 6) is 0. The maximum atomic E-state index is 2.61. The maximum Gasteiger partial charge on any atom is 0.0221 e. The molecular weight excluding hydrogens is 172 g/mol. The summed E-state index contributed by atoms with van der Waals surface area (Å²) in [6, 6.07) is 1.89. The summed E-state index contributed by atoms with van der Waals surface area (Å²) in [6.07, 6.45) is 5.51. The van der Waals surface area contributed by atoms with Gasteiger partial charge in [0.15, 0.2) is 0 Å². The van der Waals surface area contributed by atoms with E-state index in [-0.39, 0.29) is 0 Å². The molecular formula is C12H24N2. The van der Waals surface area contributed by atoms with Crippen molar-refractivity contribution < 1.29 is 0 Å². The number of hydrogen-bond donors (Lipinski definition) is 0. The van der Waals surface area contributed by atoms with Gasteiger partial charge in [-0.1, -0.05) is 13.8 Å². The van der Waals surface area contributed by atoms with Gasteiger partial charge in [0.25, 0.3) is 0 Å². The Labute approximate surface area is 88.3 Å². The summed E-state index contributed by atoms with van der Waals surface area (Å²) in [7, 11) is 0. The van der Waals surface area contributed by atoms with Crippen LogP contribution < -0.4 is 0 Å². The standard InChI is InChI=1S/C12H24N2/c1-3-11-9-13(11)7-5-6-8-14-10-12(14)4-2/h11-12H,3-10H2,1-2H3/t11-,12+,13?,14?. The highest BCUT2D eigenvalue weighted by Gasteiger charge is 2.32. The molecule has 2 nitrogen and oxygen atoms in total. The Balaban J connectivity index is 1.41. The molecule has 2 heterocycles. The lowest BCUT2D eigenvalue weighted by Gasteiger charge is -2.04. The van der Waals surface area contributed by atoms with E-state index in [1.807, 2.05) is 0 Å². The summed E-state index contributed by atoms with van der Waals surface area (Å²) in [6.45, 7) is 10.0. The van der Waals surface area contributed by atoms with Crippen molar-refractivity contribution in [3.8, 4) is 0 Å². The smallest absolute Gasteiger partial charge is 0.0221 e. The zero-order chi connectivity index (χ0) is 9.97. The Morgan fingerprint density at radius 3 is 1.57 bits per heavy atom. The largest absolute Gasteiger partial charge is 0.298 e. The van der Waals surface area contributed by atoms with E-state index in [0.717, 1.165) is 12.1 Å². The molecule has 0 saturated carbocycles. The molecule has 14 heavy (non-hydrogen) atoms. The van der Waals surface area contributed by atoms with E-state index in [2.05, 4.69) is 23.6 Å². The predicted octanol–water partition coefficient (Wildman–Crippen LogP) is 1.96. The summed E-state index contributed by atoms with van der Waals surface area (Å²) >= 11 is 0. The Morgan fingerprint density at radius 1 is 0.857 bits per heavy atom. The number of rotatable bonds is 7. The lowest BCUT2D eigenvalue weighted by atomic mass is 10.3. The zero-order valence-electron chi connectivity index (χ0n) is 9.71. The first kappa shape index (κ1) is 10.4. The number of nitrogens with zero attached hydrogens (tertiary/aromatic N) is 2. The Bertz CT molecular complexity index is 161. The fraction of sp³-hybridized carbons (Fsp3) is 1.00. The van der Waals surface area contributed by atoms with E-state index in [9.17, 15) is 0 Å². The second-order valence-electron chi connectivity index (χ2n) is 4.82. The van der Waals surface area contributed by atoms with Crippen molar-refractivity contribution in [2.75, 3.05) is 26.2 Å². The minimum Gasteiger partial charge on any atom is -0.298 e. The van der Waals surface area contributed by atoms with Gasteiger partial charge in [-0.05, 0) is 38.8 Å². The molecule has 2 fully saturated rings. The van der Waals surface area contributed by atoms with Gasteiger partial charge in [0.05, 0.1) is 0 Å². The fourth-order valence-electron chi connectivity index (χ4n) is 2.40. The van der Waals surface area contributed by atoms with Crippen LogP contribution in [0.25, 0.3) is 0 Å². The van der Waals surface area contributed by atoms with E-state index < -0.39 is 0 Å². The Hall–Kier alpha value is -0.0800. The van der Waals surface area contributed by atoms with E-state index in [0.29, 0.717) is 0 Å². The van der Waals surface area contributed by atoms with Gasteiger partial charge in [-0.15, -0.1) is 0 Å². The first-order chi connectivity index (χ1) is 6.85. The molecule has 82 valence electrons. The van der Waals surface area contributed by atoms with Crippen LogP contribution in [0.4, 0.5) is 0 Å². The highest BCUT2D eigenvalue weighted by atomic mass is 15.3. The molecule has 0 N–H and O–H groups in total. The summed E-state index contributed by atoms with van der Waals surface area (Å²) in [5.41, 5.74) is 0. The molecule has 0 radical (unpaired) electrons. The van der Waals surface area contributed by atoms with Gasteiger partial charge in [0, 0.05) is 25.2 Å². The van der Waals surface area contributed by atoms with Crippen LogP contribution >= 0.6 is 0 Å². The van der Waals surface area contributed by atoms with Crippen LogP contribution in [0.2, 0.25) is 0 Å². The molecule has 0 spiro atoms. The van der Waals surface area contributed by atoms with Gasteiger partial charge in [0.2, 0.25) is 0 Å². The lowest BCUT2D eigenvalue weighted by molar-refractivity contribution is 0.430. The Morgan fingerprint density at radius 2 is 1.29 bits per heavy atom. The predicted molar refractivity (Wildman–Crippen MR) is 60.5 cm³/mol. The van der Waals surface area contributed by atoms with Gasteiger partial charge in [0.1, 0.15) is 0 Å². The molecule has 0 aromatic rings. The maximum absolute atomic E-state index is 2.61. The van der Waals surface area contributed by atoms with Crippen LogP contribution in [0.1, 0.15) is 39.5 Å². The van der Waals surface area contributed by atoms with Crippen molar-refractivity contribution in [2.24, 2.45) is 0 Å². The van der Waals surface area contributed by atoms with E-state index in [1.54, 1.807) is 0 Å². The first-order valence-electron chi connectivity index (χ1n) is 6.33. The molecule has 2 unspecified atom stereocenters. The highest BCUT2D eigenvalue weighted by Crippen LogP contribution is 2.23. The molecule has 2 saturated heterocycles. The molecule has 2 heteroatoms. The van der Waals surface area contributed by atoms with Crippen molar-refractivity contribution in [3.63, 3.8) is 0 Å². The third-order valence-electron chi connectivity index (χ3n) is 3.74. The Kier molecular flexibility index (Phi) is 3.45. The second-order valence-corrected chi connectivity index (χ2v) is 4.82. The topological polar surface area (TPSA) is 6.02 Å². The lowest BCUT2D eigenvalue weighted by Crippen LogP contribution is -2.08. The van der Waals surface area contributed by atoms with Gasteiger partial charge in [-0.25, -0.2) is 0 Å². The normalized spacial score (nSPS) is 39.9. The molecule has 0 aromatic heterocycles. The fourth-order valence-corrected chi connectivity index (χ4v) is 2.40. The van der Waals surface area contributed by atoms with Crippen LogP contribution in [0.15, 0.2) is 0 Å². The minimum atomic E-state index is 0.944. The third kappa shape index (κ3) is 2.71. The van der Waals surface area contributed by atoms with E-state index in [1.165, 1.54) is 51.9 Å². The van der Waals surface area contributed by atoms with E-state index in [4.69, 9.17) is 0 Å². The van der Waals surface area contributed by atoms with Gasteiger partial charge in [-0.2, -0.15) is 0 Å². The molecule has 2 aliphatic heterocycles. The monoisotopic (exact) mass is 196 g/mol. The summed E-state index contributed by atoms with van der Waals surface area (Å²) in [4.78, 5) is 5.22. The average Bonchev–Trinajstić information content (AvgIpc) is 3.08. The number of hydrogen-bond acceptors (Lipinski definition) is 2. The van der Waals surface area contributed by atoms with Crippen LogP contribution in [-0.2, 0) is 0 Å². The van der Waals surface area contributed by atoms with Crippen molar-refractivity contribution in [1.29, 1.82) is 0 Å². The highest BCUT2D eigenvalue weighted by molar-refractivity contribution is 4.89. The first-order valence-corrected chi connectivity index (χ1v) is 6.33.